The normalized spacial score (nSPS) is 17.8. The molecule has 1 N–H and O–H groups in total. The predicted octanol–water partition coefficient (Wildman–Crippen LogP) is 2.00. The van der Waals surface area contributed by atoms with Gasteiger partial charge in [-0.2, -0.15) is 5.10 Å². The summed E-state index contributed by atoms with van der Waals surface area (Å²) in [4.78, 5) is 4.99. The molecule has 0 fully saturated rings. The van der Waals surface area contributed by atoms with Crippen LogP contribution in [0.4, 0.5) is 0 Å². The highest BCUT2D eigenvalue weighted by atomic mass is 32.2. The van der Waals surface area contributed by atoms with Crippen LogP contribution >= 0.6 is 11.8 Å². The molecule has 0 aromatic heterocycles. The van der Waals surface area contributed by atoms with Crippen LogP contribution in [0.1, 0.15) is 11.1 Å². The largest absolute Gasteiger partial charge is 0.383 e. The third kappa shape index (κ3) is 1.59. The minimum atomic E-state index is 0.559. The average molecular weight is 231 g/mol. The second-order valence-corrected chi connectivity index (χ2v) is 4.21. The number of hydrogen-bond acceptors (Lipinski definition) is 5. The maximum absolute atomic E-state index is 4.99. The van der Waals surface area contributed by atoms with E-state index < -0.39 is 0 Å². The molecule has 2 aliphatic rings. The molecule has 80 valence electrons. The van der Waals surface area contributed by atoms with Crippen molar-refractivity contribution >= 4 is 28.6 Å². The fraction of sp³-hybridized carbons (Fsp3) is 0.0909. The fourth-order valence-corrected chi connectivity index (χ4v) is 2.23. The van der Waals surface area contributed by atoms with Crippen molar-refractivity contribution in [2.45, 2.75) is 0 Å². The van der Waals surface area contributed by atoms with Crippen molar-refractivity contribution in [1.29, 1.82) is 0 Å². The molecule has 2 heterocycles. The lowest BCUT2D eigenvalue weighted by molar-refractivity contribution is 0.205. The lowest BCUT2D eigenvalue weighted by atomic mass is 10.0. The van der Waals surface area contributed by atoms with Gasteiger partial charge in [-0.1, -0.05) is 41.2 Å². The van der Waals surface area contributed by atoms with E-state index in [0.717, 1.165) is 21.9 Å². The summed E-state index contributed by atoms with van der Waals surface area (Å²) in [6, 6.07) is 8.09. The Morgan fingerprint density at radius 2 is 2.25 bits per heavy atom. The Hall–Kier alpha value is -1.75. The van der Waals surface area contributed by atoms with Gasteiger partial charge in [0.2, 0.25) is 0 Å². The molecular weight excluding hydrogens is 222 g/mol. The van der Waals surface area contributed by atoms with Crippen LogP contribution in [0.15, 0.2) is 40.7 Å². The Bertz CT molecular complexity index is 508. The summed E-state index contributed by atoms with van der Waals surface area (Å²) in [6.45, 7) is 0. The van der Waals surface area contributed by atoms with Crippen LogP contribution in [0.5, 0.6) is 0 Å². The smallest absolute Gasteiger partial charge is 0.168 e. The maximum atomic E-state index is 4.99. The highest BCUT2D eigenvalue weighted by Gasteiger charge is 2.20. The van der Waals surface area contributed by atoms with Gasteiger partial charge < -0.3 is 4.84 Å². The molecule has 0 amide bonds. The van der Waals surface area contributed by atoms with E-state index in [1.807, 2.05) is 30.5 Å². The van der Waals surface area contributed by atoms with Crippen molar-refractivity contribution in [3.05, 3.63) is 41.6 Å². The van der Waals surface area contributed by atoms with E-state index in [1.54, 1.807) is 11.8 Å². The lowest BCUT2D eigenvalue weighted by Gasteiger charge is -2.05. The minimum Gasteiger partial charge on any atom is -0.383 e. The Kier molecular flexibility index (Phi) is 2.38. The Labute approximate surface area is 97.1 Å². The Morgan fingerprint density at radius 1 is 1.31 bits per heavy atom. The van der Waals surface area contributed by atoms with E-state index in [9.17, 15) is 0 Å². The summed E-state index contributed by atoms with van der Waals surface area (Å²) in [7, 11) is 0. The number of hydrazone groups is 1. The molecule has 0 spiro atoms. The van der Waals surface area contributed by atoms with E-state index in [0.29, 0.717) is 5.94 Å². The highest BCUT2D eigenvalue weighted by molar-refractivity contribution is 8.15. The molecule has 0 atom stereocenters. The van der Waals surface area contributed by atoms with Crippen LogP contribution in [0, 0.1) is 0 Å². The first kappa shape index (κ1) is 9.47. The standard InChI is InChI=1S/C11H9N3OS/c1-2-4-9-8(3-1)5-6-12-13-10(9)11-14-15-7-16-11/h1-6,12H,7H2. The summed E-state index contributed by atoms with van der Waals surface area (Å²) in [5.41, 5.74) is 5.91. The zero-order chi connectivity index (χ0) is 10.8. The molecule has 1 aromatic carbocycles. The molecule has 4 nitrogen and oxygen atoms in total. The van der Waals surface area contributed by atoms with Crippen molar-refractivity contribution in [2.24, 2.45) is 10.3 Å². The van der Waals surface area contributed by atoms with E-state index in [4.69, 9.17) is 4.84 Å². The van der Waals surface area contributed by atoms with Gasteiger partial charge in [-0.25, -0.2) is 0 Å². The number of nitrogens with one attached hydrogen (secondary N) is 1. The molecule has 0 aliphatic carbocycles. The van der Waals surface area contributed by atoms with Gasteiger partial charge in [0.15, 0.2) is 11.0 Å². The van der Waals surface area contributed by atoms with Crippen LogP contribution in [0.3, 0.4) is 0 Å². The van der Waals surface area contributed by atoms with Gasteiger partial charge in [0.1, 0.15) is 5.71 Å². The average Bonchev–Trinajstić information content (AvgIpc) is 2.76. The molecule has 16 heavy (non-hydrogen) atoms. The van der Waals surface area contributed by atoms with Crippen LogP contribution in [0.2, 0.25) is 0 Å². The predicted molar refractivity (Wildman–Crippen MR) is 66.1 cm³/mol. The number of rotatable bonds is 1. The van der Waals surface area contributed by atoms with Crippen molar-refractivity contribution in [1.82, 2.24) is 5.43 Å². The number of benzene rings is 1. The first-order chi connectivity index (χ1) is 7.95. The number of nitrogens with zero attached hydrogens (tertiary/aromatic N) is 2. The maximum Gasteiger partial charge on any atom is 0.168 e. The third-order valence-electron chi connectivity index (χ3n) is 2.33. The molecule has 0 unspecified atom stereocenters. The van der Waals surface area contributed by atoms with E-state index >= 15 is 0 Å². The quantitative estimate of drug-likeness (QED) is 0.804. The topological polar surface area (TPSA) is 46.0 Å². The van der Waals surface area contributed by atoms with Crippen molar-refractivity contribution in [2.75, 3.05) is 5.94 Å². The second kappa shape index (κ2) is 4.02. The minimum absolute atomic E-state index is 0.559. The van der Waals surface area contributed by atoms with Crippen LogP contribution in [0.25, 0.3) is 6.08 Å². The zero-order valence-corrected chi connectivity index (χ0v) is 9.20. The molecule has 1 aromatic rings. The highest BCUT2D eigenvalue weighted by Crippen LogP contribution is 2.21. The van der Waals surface area contributed by atoms with Crippen LogP contribution < -0.4 is 5.43 Å². The van der Waals surface area contributed by atoms with Gasteiger partial charge in [0, 0.05) is 11.8 Å². The van der Waals surface area contributed by atoms with Gasteiger partial charge in [0.05, 0.1) is 0 Å². The molecular formula is C11H9N3OS. The number of oxime groups is 1. The number of fused-ring (bicyclic) bond motifs is 1. The van der Waals surface area contributed by atoms with E-state index in [2.05, 4.69) is 21.7 Å². The van der Waals surface area contributed by atoms with Crippen molar-refractivity contribution in [3.8, 4) is 0 Å². The van der Waals surface area contributed by atoms with Gasteiger partial charge in [-0.05, 0) is 11.6 Å². The van der Waals surface area contributed by atoms with Crippen LogP contribution in [-0.4, -0.2) is 16.7 Å². The third-order valence-corrected chi connectivity index (χ3v) is 3.09. The molecule has 0 bridgehead atoms. The summed E-state index contributed by atoms with van der Waals surface area (Å²) < 4.78 is 0. The van der Waals surface area contributed by atoms with E-state index in [1.165, 1.54) is 0 Å². The second-order valence-electron chi connectivity index (χ2n) is 3.30. The lowest BCUT2D eigenvalue weighted by Crippen LogP contribution is -2.14. The van der Waals surface area contributed by atoms with Gasteiger partial charge in [-0.3, -0.25) is 5.43 Å². The Morgan fingerprint density at radius 3 is 3.12 bits per heavy atom. The molecule has 0 radical (unpaired) electrons. The fourth-order valence-electron chi connectivity index (χ4n) is 1.62. The van der Waals surface area contributed by atoms with Gasteiger partial charge in [-0.15, -0.1) is 0 Å². The van der Waals surface area contributed by atoms with Gasteiger partial charge >= 0.3 is 0 Å². The first-order valence-electron chi connectivity index (χ1n) is 4.87. The van der Waals surface area contributed by atoms with Crippen LogP contribution in [-0.2, 0) is 4.84 Å². The van der Waals surface area contributed by atoms with Crippen molar-refractivity contribution in [3.63, 3.8) is 0 Å². The van der Waals surface area contributed by atoms with E-state index in [-0.39, 0.29) is 0 Å². The summed E-state index contributed by atoms with van der Waals surface area (Å²) in [5.74, 6) is 0.559. The summed E-state index contributed by atoms with van der Waals surface area (Å²) in [6.07, 6.45) is 3.81. The zero-order valence-electron chi connectivity index (χ0n) is 8.38. The first-order valence-corrected chi connectivity index (χ1v) is 5.86. The monoisotopic (exact) mass is 231 g/mol. The molecule has 0 saturated heterocycles. The SMILES string of the molecule is C1=Cc2ccccc2C(C2=NOCS2)=NN1. The number of thioether (sulfide) groups is 1. The molecule has 5 heteroatoms. The number of hydrogen-bond donors (Lipinski definition) is 1. The Balaban J connectivity index is 2.11. The van der Waals surface area contributed by atoms with Gasteiger partial charge in [0.25, 0.3) is 0 Å². The molecule has 2 aliphatic heterocycles. The summed E-state index contributed by atoms with van der Waals surface area (Å²) >= 11 is 1.55. The molecule has 3 rings (SSSR count). The summed E-state index contributed by atoms with van der Waals surface area (Å²) in [5, 5.41) is 9.10. The molecule has 0 saturated carbocycles. The van der Waals surface area contributed by atoms with Crippen molar-refractivity contribution < 1.29 is 4.84 Å².